The van der Waals surface area contributed by atoms with Gasteiger partial charge in [0.05, 0.1) is 13.2 Å². The van der Waals surface area contributed by atoms with Gasteiger partial charge in [0, 0.05) is 25.5 Å². The standard InChI is InChI=1S/C14H23NO4/c1-13(5-2-8-17-13)12(16)15-11-3-6-14(7-4-11)18-9-10-19-14/h11H,2-10H2,1H3,(H,15,16). The van der Waals surface area contributed by atoms with Gasteiger partial charge in [-0.15, -0.1) is 0 Å². The highest BCUT2D eigenvalue weighted by molar-refractivity contribution is 5.85. The molecule has 1 spiro atoms. The molecule has 2 aliphatic heterocycles. The molecule has 1 amide bonds. The minimum absolute atomic E-state index is 0.0409. The number of hydrogen-bond donors (Lipinski definition) is 1. The van der Waals surface area contributed by atoms with Crippen LogP contribution in [0.15, 0.2) is 0 Å². The predicted octanol–water partition coefficient (Wildman–Crippen LogP) is 1.36. The van der Waals surface area contributed by atoms with E-state index in [1.807, 2.05) is 6.92 Å². The number of carbonyl (C=O) groups is 1. The summed E-state index contributed by atoms with van der Waals surface area (Å²) >= 11 is 0. The van der Waals surface area contributed by atoms with Crippen molar-refractivity contribution >= 4 is 5.91 Å². The fourth-order valence-electron chi connectivity index (χ4n) is 3.28. The summed E-state index contributed by atoms with van der Waals surface area (Å²) in [4.78, 5) is 12.2. The van der Waals surface area contributed by atoms with Crippen LogP contribution in [0.3, 0.4) is 0 Å². The smallest absolute Gasteiger partial charge is 0.252 e. The zero-order valence-electron chi connectivity index (χ0n) is 11.6. The molecule has 2 heterocycles. The lowest BCUT2D eigenvalue weighted by molar-refractivity contribution is -0.180. The van der Waals surface area contributed by atoms with Crippen molar-refractivity contribution in [1.82, 2.24) is 5.32 Å². The average Bonchev–Trinajstić information content (AvgIpc) is 3.03. The number of carbonyl (C=O) groups excluding carboxylic acids is 1. The first-order valence-electron chi connectivity index (χ1n) is 7.35. The van der Waals surface area contributed by atoms with Crippen molar-refractivity contribution in [3.8, 4) is 0 Å². The lowest BCUT2D eigenvalue weighted by Gasteiger charge is -2.36. The third-order valence-corrected chi connectivity index (χ3v) is 4.60. The summed E-state index contributed by atoms with van der Waals surface area (Å²) in [5.41, 5.74) is -0.616. The molecule has 1 aliphatic carbocycles. The first-order chi connectivity index (χ1) is 9.12. The zero-order chi connectivity index (χ0) is 13.3. The summed E-state index contributed by atoms with van der Waals surface area (Å²) in [7, 11) is 0. The minimum Gasteiger partial charge on any atom is -0.365 e. The van der Waals surface area contributed by atoms with E-state index >= 15 is 0 Å². The van der Waals surface area contributed by atoms with Crippen LogP contribution < -0.4 is 5.32 Å². The molecular weight excluding hydrogens is 246 g/mol. The molecule has 1 saturated carbocycles. The molecule has 3 rings (SSSR count). The van der Waals surface area contributed by atoms with Gasteiger partial charge >= 0.3 is 0 Å². The van der Waals surface area contributed by atoms with Crippen LogP contribution in [0.25, 0.3) is 0 Å². The normalized spacial score (nSPS) is 34.8. The van der Waals surface area contributed by atoms with E-state index in [0.717, 1.165) is 38.5 Å². The van der Waals surface area contributed by atoms with Crippen LogP contribution in [-0.2, 0) is 19.0 Å². The van der Waals surface area contributed by atoms with E-state index in [1.54, 1.807) is 0 Å². The monoisotopic (exact) mass is 269 g/mol. The molecular formula is C14H23NO4. The average molecular weight is 269 g/mol. The lowest BCUT2D eigenvalue weighted by Crippen LogP contribution is -2.50. The first kappa shape index (κ1) is 13.3. The quantitative estimate of drug-likeness (QED) is 0.822. The Kier molecular flexibility index (Phi) is 3.53. The minimum atomic E-state index is -0.616. The summed E-state index contributed by atoms with van der Waals surface area (Å²) in [6.07, 6.45) is 5.37. The van der Waals surface area contributed by atoms with E-state index in [9.17, 15) is 4.79 Å². The van der Waals surface area contributed by atoms with Gasteiger partial charge in [0.15, 0.2) is 5.79 Å². The van der Waals surface area contributed by atoms with Gasteiger partial charge < -0.3 is 19.5 Å². The fourth-order valence-corrected chi connectivity index (χ4v) is 3.28. The maximum absolute atomic E-state index is 12.2. The van der Waals surface area contributed by atoms with Crippen LogP contribution in [0.5, 0.6) is 0 Å². The SMILES string of the molecule is CC1(C(=O)NC2CCC3(CC2)OCCO3)CCCO1. The summed E-state index contributed by atoms with van der Waals surface area (Å²) in [6, 6.07) is 0.229. The third-order valence-electron chi connectivity index (χ3n) is 4.60. The van der Waals surface area contributed by atoms with E-state index in [1.165, 1.54) is 0 Å². The highest BCUT2D eigenvalue weighted by atomic mass is 16.7. The van der Waals surface area contributed by atoms with Crippen LogP contribution in [0, 0.1) is 0 Å². The summed E-state index contributed by atoms with van der Waals surface area (Å²) in [5.74, 6) is -0.311. The second kappa shape index (κ2) is 5.04. The molecule has 1 unspecified atom stereocenters. The van der Waals surface area contributed by atoms with Gasteiger partial charge in [-0.1, -0.05) is 0 Å². The Bertz CT molecular complexity index is 335. The Morgan fingerprint density at radius 3 is 2.32 bits per heavy atom. The molecule has 19 heavy (non-hydrogen) atoms. The Morgan fingerprint density at radius 1 is 1.05 bits per heavy atom. The highest BCUT2D eigenvalue weighted by Gasteiger charge is 2.43. The van der Waals surface area contributed by atoms with E-state index in [4.69, 9.17) is 14.2 Å². The summed E-state index contributed by atoms with van der Waals surface area (Å²) < 4.78 is 17.0. The van der Waals surface area contributed by atoms with Gasteiger partial charge in [-0.3, -0.25) is 4.79 Å². The number of rotatable bonds is 2. The lowest BCUT2D eigenvalue weighted by atomic mass is 9.89. The molecule has 1 N–H and O–H groups in total. The van der Waals surface area contributed by atoms with Crippen LogP contribution in [0.2, 0.25) is 0 Å². The van der Waals surface area contributed by atoms with Crippen molar-refractivity contribution < 1.29 is 19.0 Å². The Labute approximate surface area is 114 Å². The van der Waals surface area contributed by atoms with Gasteiger partial charge in [-0.2, -0.15) is 0 Å². The number of ether oxygens (including phenoxy) is 3. The Morgan fingerprint density at radius 2 is 1.74 bits per heavy atom. The van der Waals surface area contributed by atoms with Crippen molar-refractivity contribution in [3.05, 3.63) is 0 Å². The van der Waals surface area contributed by atoms with Crippen LogP contribution in [0.4, 0.5) is 0 Å². The van der Waals surface area contributed by atoms with Crippen molar-refractivity contribution in [3.63, 3.8) is 0 Å². The molecule has 0 radical (unpaired) electrons. The highest BCUT2D eigenvalue weighted by Crippen LogP contribution is 2.36. The number of amides is 1. The molecule has 1 atom stereocenters. The zero-order valence-corrected chi connectivity index (χ0v) is 11.6. The van der Waals surface area contributed by atoms with E-state index in [0.29, 0.717) is 19.8 Å². The molecule has 0 aromatic rings. The van der Waals surface area contributed by atoms with Crippen LogP contribution in [-0.4, -0.2) is 43.2 Å². The van der Waals surface area contributed by atoms with E-state index in [2.05, 4.69) is 5.32 Å². The topological polar surface area (TPSA) is 56.8 Å². The molecule has 3 fully saturated rings. The van der Waals surface area contributed by atoms with Gasteiger partial charge in [0.25, 0.3) is 5.91 Å². The van der Waals surface area contributed by atoms with Crippen molar-refractivity contribution in [2.45, 2.75) is 62.9 Å². The predicted molar refractivity (Wildman–Crippen MR) is 68.6 cm³/mol. The second-order valence-electron chi connectivity index (χ2n) is 6.04. The van der Waals surface area contributed by atoms with Crippen LogP contribution >= 0.6 is 0 Å². The van der Waals surface area contributed by atoms with E-state index < -0.39 is 5.60 Å². The largest absolute Gasteiger partial charge is 0.365 e. The first-order valence-corrected chi connectivity index (χ1v) is 7.35. The Hall–Kier alpha value is -0.650. The molecule has 0 bridgehead atoms. The number of hydrogen-bond acceptors (Lipinski definition) is 4. The number of nitrogens with one attached hydrogen (secondary N) is 1. The van der Waals surface area contributed by atoms with Crippen LogP contribution in [0.1, 0.15) is 45.4 Å². The molecule has 2 saturated heterocycles. The molecule has 0 aromatic carbocycles. The maximum atomic E-state index is 12.2. The van der Waals surface area contributed by atoms with Gasteiger partial charge in [0.1, 0.15) is 5.60 Å². The summed E-state index contributed by atoms with van der Waals surface area (Å²) in [5, 5.41) is 3.13. The van der Waals surface area contributed by atoms with Crippen molar-refractivity contribution in [1.29, 1.82) is 0 Å². The second-order valence-corrected chi connectivity index (χ2v) is 6.04. The molecule has 5 heteroatoms. The molecule has 3 aliphatic rings. The molecule has 0 aromatic heterocycles. The van der Waals surface area contributed by atoms with E-state index in [-0.39, 0.29) is 17.7 Å². The van der Waals surface area contributed by atoms with Gasteiger partial charge in [0.2, 0.25) is 0 Å². The van der Waals surface area contributed by atoms with Crippen molar-refractivity contribution in [2.75, 3.05) is 19.8 Å². The van der Waals surface area contributed by atoms with Gasteiger partial charge in [-0.25, -0.2) is 0 Å². The molecule has 5 nitrogen and oxygen atoms in total. The van der Waals surface area contributed by atoms with Gasteiger partial charge in [-0.05, 0) is 32.6 Å². The maximum Gasteiger partial charge on any atom is 0.252 e. The fraction of sp³-hybridized carbons (Fsp3) is 0.929. The van der Waals surface area contributed by atoms with Crippen molar-refractivity contribution in [2.24, 2.45) is 0 Å². The molecule has 108 valence electrons. The third kappa shape index (κ3) is 2.64. The summed E-state index contributed by atoms with van der Waals surface area (Å²) in [6.45, 7) is 3.98. The Balaban J connectivity index is 1.50.